The average molecular weight is 753 g/mol. The van der Waals surface area contributed by atoms with Crippen molar-refractivity contribution in [3.63, 3.8) is 0 Å². The maximum absolute atomic E-state index is 12.7. The van der Waals surface area contributed by atoms with E-state index in [2.05, 4.69) is 26.0 Å². The Morgan fingerprint density at radius 2 is 0.962 bits per heavy atom. The fraction of sp³-hybridized carbons (Fsp3) is 0.889. The normalized spacial score (nSPS) is 13.0. The van der Waals surface area contributed by atoms with E-state index in [1.165, 1.54) is 122 Å². The zero-order chi connectivity index (χ0) is 39.3. The fourth-order valence-corrected chi connectivity index (χ4v) is 6.66. The summed E-state index contributed by atoms with van der Waals surface area (Å²) < 4.78 is 17.3. The molecule has 0 aromatic carbocycles. The van der Waals surface area contributed by atoms with Crippen molar-refractivity contribution in [1.82, 2.24) is 0 Å². The molecule has 1 N–H and O–H groups in total. The first-order valence-electron chi connectivity index (χ1n) is 22.2. The predicted molar refractivity (Wildman–Crippen MR) is 220 cm³/mol. The van der Waals surface area contributed by atoms with E-state index < -0.39 is 18.1 Å². The van der Waals surface area contributed by atoms with Gasteiger partial charge in [0.1, 0.15) is 6.61 Å². The Morgan fingerprint density at radius 1 is 0.547 bits per heavy atom. The van der Waals surface area contributed by atoms with Gasteiger partial charge in [0.25, 0.3) is 0 Å². The summed E-state index contributed by atoms with van der Waals surface area (Å²) in [4.78, 5) is 36.9. The number of hydrogen-bond acceptors (Lipinski definition) is 6. The SMILES string of the molecule is CCCC/C=C\CCCCCCCC(=O)OC(COCCC(C(=O)O)[N+](C)(C)C)COC(=O)CCCCCCCCCCCCCCCCCCCC. The third-order valence-corrected chi connectivity index (χ3v) is 10.2. The molecular formula is C45H86NO7+. The van der Waals surface area contributed by atoms with Crippen LogP contribution in [0.25, 0.3) is 0 Å². The van der Waals surface area contributed by atoms with Crippen LogP contribution < -0.4 is 0 Å². The van der Waals surface area contributed by atoms with Crippen molar-refractivity contribution in [2.45, 2.75) is 219 Å². The number of carboxylic acids is 1. The van der Waals surface area contributed by atoms with Crippen molar-refractivity contribution in [1.29, 1.82) is 0 Å². The predicted octanol–water partition coefficient (Wildman–Crippen LogP) is 11.9. The first kappa shape index (κ1) is 51.1. The van der Waals surface area contributed by atoms with Gasteiger partial charge in [0.15, 0.2) is 12.1 Å². The molecule has 0 bridgehead atoms. The number of hydrogen-bond donors (Lipinski definition) is 1. The molecule has 312 valence electrons. The second kappa shape index (κ2) is 37.0. The van der Waals surface area contributed by atoms with Gasteiger partial charge in [-0.2, -0.15) is 0 Å². The van der Waals surface area contributed by atoms with Crippen LogP contribution in [-0.4, -0.2) is 80.6 Å². The molecule has 0 rings (SSSR count). The summed E-state index contributed by atoms with van der Waals surface area (Å²) in [6.07, 6.45) is 38.2. The summed E-state index contributed by atoms with van der Waals surface area (Å²) in [5, 5.41) is 9.60. The van der Waals surface area contributed by atoms with E-state index in [4.69, 9.17) is 14.2 Å². The first-order valence-corrected chi connectivity index (χ1v) is 22.2. The molecule has 0 amide bonds. The Kier molecular flexibility index (Phi) is 35.7. The molecule has 2 atom stereocenters. The molecule has 0 aliphatic heterocycles. The minimum absolute atomic E-state index is 0.0485. The van der Waals surface area contributed by atoms with Crippen LogP contribution in [0.2, 0.25) is 0 Å². The van der Waals surface area contributed by atoms with E-state index in [-0.39, 0.29) is 36.2 Å². The smallest absolute Gasteiger partial charge is 0.362 e. The molecule has 8 nitrogen and oxygen atoms in total. The molecular weight excluding hydrogens is 666 g/mol. The quantitative estimate of drug-likeness (QED) is 0.0288. The minimum Gasteiger partial charge on any atom is -0.477 e. The van der Waals surface area contributed by atoms with Gasteiger partial charge in [0, 0.05) is 19.3 Å². The molecule has 2 unspecified atom stereocenters. The summed E-state index contributed by atoms with van der Waals surface area (Å²) in [5.74, 6) is -1.47. The summed E-state index contributed by atoms with van der Waals surface area (Å²) in [7, 11) is 5.53. The van der Waals surface area contributed by atoms with Gasteiger partial charge in [-0.05, 0) is 32.1 Å². The molecule has 0 saturated heterocycles. The van der Waals surface area contributed by atoms with Crippen LogP contribution in [0.5, 0.6) is 0 Å². The van der Waals surface area contributed by atoms with Crippen LogP contribution in [0.4, 0.5) is 0 Å². The number of nitrogens with zero attached hydrogens (tertiary/aromatic N) is 1. The number of likely N-dealkylation sites (N-methyl/N-ethyl adjacent to an activating group) is 1. The monoisotopic (exact) mass is 753 g/mol. The maximum Gasteiger partial charge on any atom is 0.362 e. The minimum atomic E-state index is -0.874. The lowest BCUT2D eigenvalue weighted by atomic mass is 10.0. The lowest BCUT2D eigenvalue weighted by molar-refractivity contribution is -0.887. The third kappa shape index (κ3) is 35.5. The topological polar surface area (TPSA) is 99.1 Å². The standard InChI is InChI=1S/C45H85NO7/c1-6-8-10-12-14-16-18-19-20-21-22-23-24-26-27-29-31-33-35-43(47)52-40-41(39-51-38-37-42(45(49)50)46(3,4)5)53-44(48)36-34-32-30-28-25-17-15-13-11-9-7-2/h13,15,41-42H,6-12,14,16-40H2,1-5H3/p+1/b15-13-. The van der Waals surface area contributed by atoms with Crippen LogP contribution in [0, 0.1) is 0 Å². The van der Waals surface area contributed by atoms with E-state index in [0.29, 0.717) is 19.3 Å². The van der Waals surface area contributed by atoms with Gasteiger partial charge in [-0.25, -0.2) is 4.79 Å². The van der Waals surface area contributed by atoms with Gasteiger partial charge in [0.05, 0.1) is 34.4 Å². The zero-order valence-electron chi connectivity index (χ0n) is 35.5. The van der Waals surface area contributed by atoms with Gasteiger partial charge in [0.2, 0.25) is 0 Å². The highest BCUT2D eigenvalue weighted by molar-refractivity contribution is 5.72. The second-order valence-electron chi connectivity index (χ2n) is 16.3. The van der Waals surface area contributed by atoms with Crippen molar-refractivity contribution >= 4 is 17.9 Å². The van der Waals surface area contributed by atoms with E-state index in [9.17, 15) is 19.5 Å². The largest absolute Gasteiger partial charge is 0.477 e. The summed E-state index contributed by atoms with van der Waals surface area (Å²) in [5.41, 5.74) is 0. The molecule has 0 aromatic rings. The maximum atomic E-state index is 12.7. The second-order valence-corrected chi connectivity index (χ2v) is 16.3. The average Bonchev–Trinajstić information content (AvgIpc) is 3.11. The first-order chi connectivity index (χ1) is 25.6. The molecule has 0 aromatic heterocycles. The molecule has 0 aliphatic rings. The molecule has 0 heterocycles. The number of quaternary nitrogens is 1. The Bertz CT molecular complexity index is 885. The highest BCUT2D eigenvalue weighted by atomic mass is 16.6. The number of carbonyl (C=O) groups is 3. The molecule has 0 fully saturated rings. The number of ether oxygens (including phenoxy) is 3. The summed E-state index contributed by atoms with van der Waals surface area (Å²) in [6.45, 7) is 4.71. The fourth-order valence-electron chi connectivity index (χ4n) is 6.66. The summed E-state index contributed by atoms with van der Waals surface area (Å²) in [6, 6.07) is -0.611. The van der Waals surface area contributed by atoms with E-state index in [1.807, 2.05) is 21.1 Å². The lowest BCUT2D eigenvalue weighted by Gasteiger charge is -2.31. The molecule has 0 saturated carbocycles. The molecule has 8 heteroatoms. The van der Waals surface area contributed by atoms with Gasteiger partial charge in [-0.1, -0.05) is 167 Å². The highest BCUT2D eigenvalue weighted by Crippen LogP contribution is 2.16. The van der Waals surface area contributed by atoms with Gasteiger partial charge < -0.3 is 23.8 Å². The molecule has 0 spiro atoms. The van der Waals surface area contributed by atoms with Crippen LogP contribution >= 0.6 is 0 Å². The van der Waals surface area contributed by atoms with Crippen molar-refractivity contribution in [2.75, 3.05) is 41.0 Å². The number of carboxylic acid groups (broad SMARTS) is 1. The highest BCUT2D eigenvalue weighted by Gasteiger charge is 2.31. The van der Waals surface area contributed by atoms with E-state index >= 15 is 0 Å². The number of allylic oxidation sites excluding steroid dienone is 2. The van der Waals surface area contributed by atoms with Crippen molar-refractivity contribution in [2.24, 2.45) is 0 Å². The van der Waals surface area contributed by atoms with E-state index in [0.717, 1.165) is 51.4 Å². The molecule has 53 heavy (non-hydrogen) atoms. The Balaban J connectivity index is 4.25. The van der Waals surface area contributed by atoms with Crippen molar-refractivity contribution < 1.29 is 38.2 Å². The summed E-state index contributed by atoms with van der Waals surface area (Å²) >= 11 is 0. The van der Waals surface area contributed by atoms with Crippen LogP contribution in [0.1, 0.15) is 206 Å². The Labute approximate surface area is 327 Å². The van der Waals surface area contributed by atoms with Crippen LogP contribution in [0.3, 0.4) is 0 Å². The zero-order valence-corrected chi connectivity index (χ0v) is 35.5. The van der Waals surface area contributed by atoms with Crippen LogP contribution in [0.15, 0.2) is 12.2 Å². The number of rotatable bonds is 40. The molecule has 0 aliphatic carbocycles. The van der Waals surface area contributed by atoms with Gasteiger partial charge in [-0.15, -0.1) is 0 Å². The lowest BCUT2D eigenvalue weighted by Crippen LogP contribution is -2.50. The number of carbonyl (C=O) groups excluding carboxylic acids is 2. The molecule has 0 radical (unpaired) electrons. The number of esters is 2. The number of aliphatic carboxylic acids is 1. The van der Waals surface area contributed by atoms with Gasteiger partial charge >= 0.3 is 17.9 Å². The van der Waals surface area contributed by atoms with Crippen molar-refractivity contribution in [3.8, 4) is 0 Å². The van der Waals surface area contributed by atoms with Gasteiger partial charge in [-0.3, -0.25) is 9.59 Å². The van der Waals surface area contributed by atoms with Crippen LogP contribution in [-0.2, 0) is 28.6 Å². The third-order valence-electron chi connectivity index (χ3n) is 10.2. The van der Waals surface area contributed by atoms with E-state index in [1.54, 1.807) is 0 Å². The Morgan fingerprint density at radius 3 is 1.42 bits per heavy atom. The number of unbranched alkanes of at least 4 members (excludes halogenated alkanes) is 24. The Hall–Kier alpha value is -1.93. The van der Waals surface area contributed by atoms with Crippen molar-refractivity contribution in [3.05, 3.63) is 12.2 Å².